The maximum Gasteiger partial charge on any atom is 0.408 e. The molecule has 2 aromatic rings. The first kappa shape index (κ1) is 18.2. The van der Waals surface area contributed by atoms with Gasteiger partial charge in [-0.05, 0) is 30.0 Å². The van der Waals surface area contributed by atoms with Crippen molar-refractivity contribution in [2.24, 2.45) is 0 Å². The fraction of sp³-hybridized carbons (Fsp3) is 0.389. The molecular weight excluding hydrogens is 347 g/mol. The van der Waals surface area contributed by atoms with Crippen LogP contribution in [0, 0.1) is 0 Å². The van der Waals surface area contributed by atoms with Crippen LogP contribution in [-0.2, 0) is 13.0 Å². The number of carbonyl (C=O) groups is 1. The highest BCUT2D eigenvalue weighted by Crippen LogP contribution is 2.33. The summed E-state index contributed by atoms with van der Waals surface area (Å²) in [6, 6.07) is 10.1. The van der Waals surface area contributed by atoms with E-state index < -0.39 is 24.2 Å². The lowest BCUT2D eigenvalue weighted by Gasteiger charge is -2.22. The predicted molar refractivity (Wildman–Crippen MR) is 89.0 cm³/mol. The lowest BCUT2D eigenvalue weighted by Crippen LogP contribution is -2.35. The smallest absolute Gasteiger partial charge is 0.340 e. The average Bonchev–Trinajstić information content (AvgIpc) is 2.98. The van der Waals surface area contributed by atoms with Crippen molar-refractivity contribution < 1.29 is 18.0 Å². The van der Waals surface area contributed by atoms with Gasteiger partial charge < -0.3 is 4.90 Å². The Bertz CT molecular complexity index is 876. The van der Waals surface area contributed by atoms with Crippen molar-refractivity contribution in [1.29, 1.82) is 0 Å². The molecule has 5 nitrogen and oxygen atoms in total. The van der Waals surface area contributed by atoms with E-state index in [9.17, 15) is 22.8 Å². The number of likely N-dealkylation sites (N-methyl/N-ethyl adjacent to an activating group) is 1. The number of alkyl halides is 3. The molecule has 0 fully saturated rings. The van der Waals surface area contributed by atoms with Gasteiger partial charge in [-0.3, -0.25) is 9.59 Å². The van der Waals surface area contributed by atoms with E-state index in [1.165, 1.54) is 16.0 Å². The second kappa shape index (κ2) is 6.93. The van der Waals surface area contributed by atoms with Crippen LogP contribution in [0.25, 0.3) is 0 Å². The lowest BCUT2D eigenvalue weighted by atomic mass is 10.0. The fourth-order valence-corrected chi connectivity index (χ4v) is 3.29. The van der Waals surface area contributed by atoms with Crippen LogP contribution in [0.15, 0.2) is 41.2 Å². The van der Waals surface area contributed by atoms with Crippen LogP contribution < -0.4 is 5.56 Å². The molecule has 1 unspecified atom stereocenters. The second-order valence-corrected chi connectivity index (χ2v) is 6.45. The van der Waals surface area contributed by atoms with Crippen LogP contribution in [-0.4, -0.2) is 40.4 Å². The van der Waals surface area contributed by atoms with Crippen molar-refractivity contribution in [3.8, 4) is 0 Å². The molecule has 8 heteroatoms. The second-order valence-electron chi connectivity index (χ2n) is 6.45. The number of halogens is 3. The molecular formula is C18H18F3N3O2. The molecule has 1 amide bonds. The minimum absolute atomic E-state index is 0.178. The first-order valence-electron chi connectivity index (χ1n) is 8.23. The summed E-state index contributed by atoms with van der Waals surface area (Å²) >= 11 is 0. The third-order valence-corrected chi connectivity index (χ3v) is 4.51. The van der Waals surface area contributed by atoms with Gasteiger partial charge in [0.2, 0.25) is 0 Å². The molecule has 138 valence electrons. The van der Waals surface area contributed by atoms with Crippen LogP contribution >= 0.6 is 0 Å². The van der Waals surface area contributed by atoms with Gasteiger partial charge >= 0.3 is 6.18 Å². The number of aromatic nitrogens is 2. The number of benzene rings is 1. The number of rotatable bonds is 4. The molecule has 1 aromatic heterocycles. The number of aryl methyl sites for hydroxylation is 1. The van der Waals surface area contributed by atoms with E-state index in [2.05, 4.69) is 11.2 Å². The molecule has 1 aliphatic carbocycles. The predicted octanol–water partition coefficient (Wildman–Crippen LogP) is 2.61. The quantitative estimate of drug-likeness (QED) is 0.837. The van der Waals surface area contributed by atoms with Crippen molar-refractivity contribution in [3.63, 3.8) is 0 Å². The summed E-state index contributed by atoms with van der Waals surface area (Å²) in [5, 5.41) is 3.59. The maximum absolute atomic E-state index is 12.5. The third kappa shape index (κ3) is 3.95. The Balaban J connectivity index is 1.75. The summed E-state index contributed by atoms with van der Waals surface area (Å²) in [6.07, 6.45) is -2.73. The number of nitrogens with zero attached hydrogens (tertiary/aromatic N) is 3. The average molecular weight is 365 g/mol. The Kier molecular flexibility index (Phi) is 4.84. The van der Waals surface area contributed by atoms with Crippen molar-refractivity contribution in [2.45, 2.75) is 31.5 Å². The molecule has 0 saturated carbocycles. The number of carbonyl (C=O) groups excluding carboxylic acids is 1. The zero-order chi connectivity index (χ0) is 18.9. The third-order valence-electron chi connectivity index (χ3n) is 4.51. The Morgan fingerprint density at radius 3 is 2.73 bits per heavy atom. The van der Waals surface area contributed by atoms with E-state index >= 15 is 0 Å². The Labute approximate surface area is 148 Å². The molecule has 1 heterocycles. The summed E-state index contributed by atoms with van der Waals surface area (Å²) in [5.74, 6) is -0.327. The number of hydrogen-bond acceptors (Lipinski definition) is 3. The van der Waals surface area contributed by atoms with Crippen LogP contribution in [0.3, 0.4) is 0 Å². The Morgan fingerprint density at radius 2 is 2.00 bits per heavy atom. The largest absolute Gasteiger partial charge is 0.408 e. The van der Waals surface area contributed by atoms with E-state index in [1.807, 2.05) is 18.2 Å². The summed E-state index contributed by atoms with van der Waals surface area (Å²) in [5.41, 5.74) is 1.38. The zero-order valence-corrected chi connectivity index (χ0v) is 14.2. The highest BCUT2D eigenvalue weighted by Gasteiger charge is 2.30. The van der Waals surface area contributed by atoms with Gasteiger partial charge in [-0.25, -0.2) is 4.68 Å². The first-order chi connectivity index (χ1) is 12.2. The molecule has 0 N–H and O–H groups in total. The Hall–Kier alpha value is -2.64. The highest BCUT2D eigenvalue weighted by molar-refractivity contribution is 5.91. The molecule has 0 spiro atoms. The molecule has 0 bridgehead atoms. The van der Waals surface area contributed by atoms with Crippen LogP contribution in [0.1, 0.15) is 34.0 Å². The molecule has 1 aromatic carbocycles. The number of fused-ring (bicyclic) bond motifs is 1. The van der Waals surface area contributed by atoms with E-state index in [4.69, 9.17) is 0 Å². The van der Waals surface area contributed by atoms with E-state index in [-0.39, 0.29) is 16.3 Å². The van der Waals surface area contributed by atoms with Gasteiger partial charge in [-0.1, -0.05) is 24.3 Å². The first-order valence-corrected chi connectivity index (χ1v) is 8.23. The van der Waals surface area contributed by atoms with Crippen molar-refractivity contribution in [1.82, 2.24) is 14.7 Å². The van der Waals surface area contributed by atoms with Gasteiger partial charge in [-0.2, -0.15) is 18.3 Å². The summed E-state index contributed by atoms with van der Waals surface area (Å²) in [6.45, 7) is -1.08. The number of hydrogen-bond donors (Lipinski definition) is 0. The highest BCUT2D eigenvalue weighted by atomic mass is 19.4. The summed E-state index contributed by atoms with van der Waals surface area (Å²) in [4.78, 5) is 25.5. The SMILES string of the molecule is CN(CC1CCc2ccccc21)C(=O)c1ccc(=O)n(CC(F)(F)F)n1. The maximum atomic E-state index is 12.5. The standard InChI is InChI=1S/C18H18F3N3O2/c1-23(10-13-7-6-12-4-2-3-5-14(12)13)17(26)15-8-9-16(25)24(22-15)11-18(19,20)21/h2-5,8-9,13H,6-7,10-11H2,1H3. The van der Waals surface area contributed by atoms with Gasteiger partial charge in [0.25, 0.3) is 11.5 Å². The van der Waals surface area contributed by atoms with Gasteiger partial charge in [0, 0.05) is 25.6 Å². The Morgan fingerprint density at radius 1 is 1.27 bits per heavy atom. The van der Waals surface area contributed by atoms with Crippen LogP contribution in [0.5, 0.6) is 0 Å². The van der Waals surface area contributed by atoms with E-state index in [0.29, 0.717) is 6.54 Å². The fourth-order valence-electron chi connectivity index (χ4n) is 3.29. The van der Waals surface area contributed by atoms with Gasteiger partial charge in [0.05, 0.1) is 0 Å². The molecule has 1 aliphatic rings. The van der Waals surface area contributed by atoms with Gasteiger partial charge in [0.15, 0.2) is 0 Å². The van der Waals surface area contributed by atoms with Crippen molar-refractivity contribution in [2.75, 3.05) is 13.6 Å². The minimum atomic E-state index is -4.59. The van der Waals surface area contributed by atoms with Gasteiger partial charge in [0.1, 0.15) is 12.2 Å². The van der Waals surface area contributed by atoms with Crippen LogP contribution in [0.2, 0.25) is 0 Å². The summed E-state index contributed by atoms with van der Waals surface area (Å²) < 4.78 is 37.9. The zero-order valence-electron chi connectivity index (χ0n) is 14.2. The van der Waals surface area contributed by atoms with Gasteiger partial charge in [-0.15, -0.1) is 0 Å². The molecule has 0 radical (unpaired) electrons. The summed E-state index contributed by atoms with van der Waals surface area (Å²) in [7, 11) is 1.59. The van der Waals surface area contributed by atoms with Crippen molar-refractivity contribution >= 4 is 5.91 Å². The molecule has 0 saturated heterocycles. The van der Waals surface area contributed by atoms with E-state index in [1.54, 1.807) is 7.05 Å². The molecule has 3 rings (SSSR count). The minimum Gasteiger partial charge on any atom is -0.340 e. The lowest BCUT2D eigenvalue weighted by molar-refractivity contribution is -0.143. The van der Waals surface area contributed by atoms with E-state index in [0.717, 1.165) is 25.0 Å². The monoisotopic (exact) mass is 365 g/mol. The molecule has 0 aliphatic heterocycles. The van der Waals surface area contributed by atoms with Crippen LogP contribution in [0.4, 0.5) is 13.2 Å². The normalized spacial score (nSPS) is 16.4. The molecule has 1 atom stereocenters. The topological polar surface area (TPSA) is 55.2 Å². The molecule has 26 heavy (non-hydrogen) atoms. The number of amides is 1. The van der Waals surface area contributed by atoms with Crippen molar-refractivity contribution in [3.05, 3.63) is 63.6 Å².